The van der Waals surface area contributed by atoms with E-state index in [9.17, 15) is 0 Å². The second-order valence-corrected chi connectivity index (χ2v) is 4.09. The van der Waals surface area contributed by atoms with Gasteiger partial charge in [0.25, 0.3) is 0 Å². The molecule has 1 saturated heterocycles. The normalized spacial score (nSPS) is 20.6. The van der Waals surface area contributed by atoms with Gasteiger partial charge in [0.15, 0.2) is 0 Å². The van der Waals surface area contributed by atoms with Crippen LogP contribution >= 0.6 is 0 Å². The molecular weight excluding hydrogens is 178 g/mol. The third kappa shape index (κ3) is 3.92. The molecule has 14 heavy (non-hydrogen) atoms. The number of hydrogen-bond acceptors (Lipinski definition) is 4. The number of rotatable bonds is 5. The number of hydrogen-bond donors (Lipinski definition) is 1. The minimum absolute atomic E-state index is 0.714. The fraction of sp³-hybridized carbons (Fsp3) is 1.00. The van der Waals surface area contributed by atoms with Gasteiger partial charge in [-0.05, 0) is 26.3 Å². The van der Waals surface area contributed by atoms with Gasteiger partial charge < -0.3 is 9.64 Å². The minimum Gasteiger partial charge on any atom is -0.385 e. The molecule has 4 heteroatoms. The number of nitrogens with zero attached hydrogens (tertiary/aromatic N) is 2. The van der Waals surface area contributed by atoms with Gasteiger partial charge in [-0.25, -0.2) is 5.01 Å². The summed E-state index contributed by atoms with van der Waals surface area (Å²) in [4.78, 5) is 2.44. The van der Waals surface area contributed by atoms with Gasteiger partial charge in [0.2, 0.25) is 0 Å². The number of ether oxygens (including phenoxy) is 1. The Hall–Kier alpha value is -0.160. The van der Waals surface area contributed by atoms with Crippen molar-refractivity contribution in [1.29, 1.82) is 0 Å². The summed E-state index contributed by atoms with van der Waals surface area (Å²) in [6.07, 6.45) is 3.51. The summed E-state index contributed by atoms with van der Waals surface area (Å²) in [6, 6.07) is 0.714. The minimum atomic E-state index is 0.714. The molecule has 0 radical (unpaired) electrons. The molecular formula is C10H23N3O. The van der Waals surface area contributed by atoms with Crippen molar-refractivity contribution in [2.24, 2.45) is 5.84 Å². The van der Waals surface area contributed by atoms with Gasteiger partial charge in [0.05, 0.1) is 0 Å². The maximum absolute atomic E-state index is 5.71. The van der Waals surface area contributed by atoms with Crippen molar-refractivity contribution in [3.05, 3.63) is 0 Å². The van der Waals surface area contributed by atoms with Crippen molar-refractivity contribution >= 4 is 0 Å². The highest BCUT2D eigenvalue weighted by atomic mass is 16.5. The molecule has 1 fully saturated rings. The van der Waals surface area contributed by atoms with E-state index in [0.29, 0.717) is 6.04 Å². The highest BCUT2D eigenvalue weighted by molar-refractivity contribution is 4.75. The van der Waals surface area contributed by atoms with Crippen LogP contribution in [0, 0.1) is 0 Å². The van der Waals surface area contributed by atoms with Gasteiger partial charge in [0, 0.05) is 39.4 Å². The van der Waals surface area contributed by atoms with Crippen LogP contribution in [0.2, 0.25) is 0 Å². The Morgan fingerprint density at radius 2 is 2.07 bits per heavy atom. The van der Waals surface area contributed by atoms with E-state index in [1.807, 2.05) is 5.01 Å². The Balaban J connectivity index is 2.13. The third-order valence-electron chi connectivity index (χ3n) is 2.98. The molecule has 1 aliphatic rings. The van der Waals surface area contributed by atoms with E-state index in [-0.39, 0.29) is 0 Å². The molecule has 0 saturated carbocycles. The summed E-state index contributed by atoms with van der Waals surface area (Å²) >= 11 is 0. The molecule has 1 heterocycles. The van der Waals surface area contributed by atoms with E-state index in [2.05, 4.69) is 11.9 Å². The first-order valence-corrected chi connectivity index (χ1v) is 5.43. The molecule has 0 aromatic carbocycles. The average molecular weight is 201 g/mol. The lowest BCUT2D eigenvalue weighted by molar-refractivity contribution is 0.115. The fourth-order valence-corrected chi connectivity index (χ4v) is 1.97. The van der Waals surface area contributed by atoms with E-state index in [1.165, 1.54) is 12.8 Å². The van der Waals surface area contributed by atoms with Crippen molar-refractivity contribution in [3.8, 4) is 0 Å². The van der Waals surface area contributed by atoms with Gasteiger partial charge in [-0.1, -0.05) is 0 Å². The van der Waals surface area contributed by atoms with E-state index >= 15 is 0 Å². The summed E-state index contributed by atoms with van der Waals surface area (Å²) < 4.78 is 5.04. The van der Waals surface area contributed by atoms with Gasteiger partial charge >= 0.3 is 0 Å². The molecule has 0 aromatic rings. The highest BCUT2D eigenvalue weighted by Gasteiger charge is 2.20. The van der Waals surface area contributed by atoms with Crippen LogP contribution in [-0.4, -0.2) is 56.3 Å². The lowest BCUT2D eigenvalue weighted by Crippen LogP contribution is -2.46. The van der Waals surface area contributed by atoms with Gasteiger partial charge in [-0.3, -0.25) is 5.84 Å². The van der Waals surface area contributed by atoms with Gasteiger partial charge in [0.1, 0.15) is 0 Å². The predicted octanol–water partition coefficient (Wildman–Crippen LogP) is 0.293. The highest BCUT2D eigenvalue weighted by Crippen LogP contribution is 2.13. The molecule has 84 valence electrons. The number of methoxy groups -OCH3 is 1. The summed E-state index contributed by atoms with van der Waals surface area (Å²) in [5.74, 6) is 5.71. The third-order valence-corrected chi connectivity index (χ3v) is 2.98. The average Bonchev–Trinajstić information content (AvgIpc) is 2.19. The molecule has 0 bridgehead atoms. The molecule has 0 atom stereocenters. The zero-order valence-electron chi connectivity index (χ0n) is 9.41. The summed E-state index contributed by atoms with van der Waals surface area (Å²) in [6.45, 7) is 4.04. The second kappa shape index (κ2) is 6.35. The SMILES string of the molecule is COCCCN(C)C1CCN(N)CC1. The number of piperidine rings is 1. The van der Waals surface area contributed by atoms with Crippen LogP contribution in [0.1, 0.15) is 19.3 Å². The molecule has 4 nitrogen and oxygen atoms in total. The lowest BCUT2D eigenvalue weighted by Gasteiger charge is -2.34. The van der Waals surface area contributed by atoms with Crippen LogP contribution < -0.4 is 5.84 Å². The van der Waals surface area contributed by atoms with E-state index in [1.54, 1.807) is 7.11 Å². The molecule has 0 aromatic heterocycles. The summed E-state index contributed by atoms with van der Waals surface area (Å²) in [7, 11) is 3.96. The van der Waals surface area contributed by atoms with Gasteiger partial charge in [-0.2, -0.15) is 0 Å². The van der Waals surface area contributed by atoms with Crippen molar-refractivity contribution in [2.75, 3.05) is 40.4 Å². The quantitative estimate of drug-likeness (QED) is 0.513. The van der Waals surface area contributed by atoms with Crippen molar-refractivity contribution < 1.29 is 4.74 Å². The van der Waals surface area contributed by atoms with Crippen molar-refractivity contribution in [2.45, 2.75) is 25.3 Å². The van der Waals surface area contributed by atoms with Crippen LogP contribution in [0.5, 0.6) is 0 Å². The number of nitrogens with two attached hydrogens (primary N) is 1. The topological polar surface area (TPSA) is 41.7 Å². The first kappa shape index (κ1) is 11.9. The zero-order chi connectivity index (χ0) is 10.4. The summed E-state index contributed by atoms with van der Waals surface area (Å²) in [5, 5.41) is 1.92. The van der Waals surface area contributed by atoms with Crippen LogP contribution in [0.15, 0.2) is 0 Å². The first-order chi connectivity index (χ1) is 6.74. The molecule has 0 unspecified atom stereocenters. The Kier molecular flexibility index (Phi) is 5.40. The van der Waals surface area contributed by atoms with E-state index in [4.69, 9.17) is 10.6 Å². The molecule has 1 rings (SSSR count). The van der Waals surface area contributed by atoms with Crippen LogP contribution in [0.3, 0.4) is 0 Å². The first-order valence-electron chi connectivity index (χ1n) is 5.43. The molecule has 1 aliphatic heterocycles. The Labute approximate surface area is 87.0 Å². The molecule has 0 amide bonds. The van der Waals surface area contributed by atoms with Crippen LogP contribution in [0.4, 0.5) is 0 Å². The van der Waals surface area contributed by atoms with Crippen LogP contribution in [-0.2, 0) is 4.74 Å². The van der Waals surface area contributed by atoms with Crippen molar-refractivity contribution in [1.82, 2.24) is 9.91 Å². The Morgan fingerprint density at radius 1 is 1.43 bits per heavy atom. The largest absolute Gasteiger partial charge is 0.385 e. The lowest BCUT2D eigenvalue weighted by atomic mass is 10.0. The molecule has 0 aliphatic carbocycles. The van der Waals surface area contributed by atoms with E-state index in [0.717, 1.165) is 32.7 Å². The predicted molar refractivity (Wildman–Crippen MR) is 57.9 cm³/mol. The molecule has 2 N–H and O–H groups in total. The van der Waals surface area contributed by atoms with Gasteiger partial charge in [-0.15, -0.1) is 0 Å². The zero-order valence-corrected chi connectivity index (χ0v) is 9.41. The maximum Gasteiger partial charge on any atom is 0.0474 e. The standard InChI is InChI=1S/C10H23N3O/c1-12(6-3-9-14-2)10-4-7-13(11)8-5-10/h10H,3-9,11H2,1-2H3. The monoisotopic (exact) mass is 201 g/mol. The fourth-order valence-electron chi connectivity index (χ4n) is 1.97. The van der Waals surface area contributed by atoms with Crippen molar-refractivity contribution in [3.63, 3.8) is 0 Å². The maximum atomic E-state index is 5.71. The second-order valence-electron chi connectivity index (χ2n) is 4.09. The van der Waals surface area contributed by atoms with E-state index < -0.39 is 0 Å². The molecule has 0 spiro atoms. The Bertz CT molecular complexity index is 146. The smallest absolute Gasteiger partial charge is 0.0474 e. The van der Waals surface area contributed by atoms with Crippen LogP contribution in [0.25, 0.3) is 0 Å². The number of hydrazine groups is 1. The Morgan fingerprint density at radius 3 is 2.64 bits per heavy atom. The summed E-state index contributed by atoms with van der Waals surface area (Å²) in [5.41, 5.74) is 0.